The first-order valence-corrected chi connectivity index (χ1v) is 13.6. The number of ether oxygens (including phenoxy) is 2. The van der Waals surface area contributed by atoms with Crippen molar-refractivity contribution >= 4 is 17.5 Å². The van der Waals surface area contributed by atoms with Crippen LogP contribution < -0.4 is 9.64 Å². The van der Waals surface area contributed by atoms with Gasteiger partial charge in [-0.2, -0.15) is 13.2 Å². The molecule has 0 bridgehead atoms. The van der Waals surface area contributed by atoms with Gasteiger partial charge in [-0.25, -0.2) is 0 Å². The summed E-state index contributed by atoms with van der Waals surface area (Å²) in [6.07, 6.45) is -4.59. The zero-order valence-corrected chi connectivity index (χ0v) is 24.0. The molecule has 1 heterocycles. The molecule has 2 rings (SSSR count). The van der Waals surface area contributed by atoms with Crippen molar-refractivity contribution in [2.45, 2.75) is 77.3 Å². The minimum atomic E-state index is -4.41. The molecule has 0 saturated heterocycles. The van der Waals surface area contributed by atoms with Crippen LogP contribution in [0.2, 0.25) is 0 Å². The van der Waals surface area contributed by atoms with Crippen LogP contribution >= 0.6 is 0 Å². The molecule has 222 valence electrons. The Morgan fingerprint density at radius 3 is 2.51 bits per heavy atom. The number of carbonyl (C=O) groups is 2. The second-order valence-corrected chi connectivity index (χ2v) is 10.8. The largest absolute Gasteiger partial charge is 0.490 e. The molecular weight excluding hydrogens is 515 g/mol. The summed E-state index contributed by atoms with van der Waals surface area (Å²) in [5.41, 5.74) is 1.21. The Balaban J connectivity index is 2.38. The lowest BCUT2D eigenvalue weighted by molar-refractivity contribution is -0.149. The second-order valence-electron chi connectivity index (χ2n) is 10.8. The van der Waals surface area contributed by atoms with E-state index >= 15 is 0 Å². The second kappa shape index (κ2) is 14.7. The number of rotatable bonds is 7. The standard InChI is InChI=1S/C28H44F3N3O5/c1-19-16-34(20(2)18-35)27(37)23-15-22(32(4)5)10-11-24(23)39-21(3)9-7-8-14-38-25(19)17-33(6)26(36)12-13-28(29,30)31/h10-11,15,19-21,25,35H,7-9,12-14,16-18H2,1-6H3/t19-,20+,21+,25-/m0/s1. The Hall–Kier alpha value is -2.53. The fourth-order valence-electron chi connectivity index (χ4n) is 4.46. The number of likely N-dealkylation sites (N-methyl/N-ethyl adjacent to an activating group) is 1. The number of hydrogen-bond donors (Lipinski definition) is 1. The Kier molecular flexibility index (Phi) is 12.4. The summed E-state index contributed by atoms with van der Waals surface area (Å²) in [6, 6.07) is 4.94. The lowest BCUT2D eigenvalue weighted by atomic mass is 10.0. The number of fused-ring (bicyclic) bond motifs is 1. The van der Waals surface area contributed by atoms with Crippen molar-refractivity contribution in [1.29, 1.82) is 0 Å². The van der Waals surface area contributed by atoms with Crippen molar-refractivity contribution in [2.24, 2.45) is 5.92 Å². The summed E-state index contributed by atoms with van der Waals surface area (Å²) in [4.78, 5) is 31.1. The van der Waals surface area contributed by atoms with Crippen molar-refractivity contribution in [1.82, 2.24) is 9.80 Å². The third-order valence-electron chi connectivity index (χ3n) is 7.05. The van der Waals surface area contributed by atoms with Gasteiger partial charge in [-0.05, 0) is 51.3 Å². The highest BCUT2D eigenvalue weighted by atomic mass is 19.4. The molecule has 0 aliphatic carbocycles. The molecule has 2 amide bonds. The Morgan fingerprint density at radius 2 is 1.90 bits per heavy atom. The molecule has 0 aromatic heterocycles. The van der Waals surface area contributed by atoms with E-state index in [4.69, 9.17) is 9.47 Å². The Labute approximate surface area is 230 Å². The van der Waals surface area contributed by atoms with Crippen molar-refractivity contribution in [3.8, 4) is 5.75 Å². The maximum absolute atomic E-state index is 14.0. The molecule has 0 spiro atoms. The highest BCUT2D eigenvalue weighted by Gasteiger charge is 2.32. The first-order valence-electron chi connectivity index (χ1n) is 13.6. The van der Waals surface area contributed by atoms with Crippen molar-refractivity contribution in [3.63, 3.8) is 0 Å². The molecule has 39 heavy (non-hydrogen) atoms. The number of carbonyl (C=O) groups excluding carboxylic acids is 2. The number of anilines is 1. The van der Waals surface area contributed by atoms with Crippen LogP contribution in [0.5, 0.6) is 5.75 Å². The summed E-state index contributed by atoms with van der Waals surface area (Å²) < 4.78 is 50.3. The number of alkyl halides is 3. The van der Waals surface area contributed by atoms with Crippen LogP contribution in [0.15, 0.2) is 18.2 Å². The van der Waals surface area contributed by atoms with Crippen molar-refractivity contribution in [2.75, 3.05) is 52.3 Å². The first kappa shape index (κ1) is 32.7. The van der Waals surface area contributed by atoms with Crippen LogP contribution in [-0.4, -0.2) is 98.6 Å². The predicted molar refractivity (Wildman–Crippen MR) is 144 cm³/mol. The van der Waals surface area contributed by atoms with Crippen LogP contribution in [0, 0.1) is 5.92 Å². The zero-order valence-electron chi connectivity index (χ0n) is 24.0. The molecule has 11 heteroatoms. The molecule has 1 aliphatic heterocycles. The molecular formula is C28H44F3N3O5. The van der Waals surface area contributed by atoms with E-state index in [0.29, 0.717) is 17.9 Å². The van der Waals surface area contributed by atoms with E-state index < -0.39 is 37.1 Å². The van der Waals surface area contributed by atoms with Gasteiger partial charge in [0, 0.05) is 58.9 Å². The summed E-state index contributed by atoms with van der Waals surface area (Å²) in [5, 5.41) is 9.99. The highest BCUT2D eigenvalue weighted by Crippen LogP contribution is 2.29. The van der Waals surface area contributed by atoms with E-state index in [1.807, 2.05) is 38.9 Å². The van der Waals surface area contributed by atoms with Gasteiger partial charge in [0.2, 0.25) is 5.91 Å². The smallest absolute Gasteiger partial charge is 0.389 e. The molecule has 4 atom stereocenters. The van der Waals surface area contributed by atoms with Crippen LogP contribution in [-0.2, 0) is 9.53 Å². The maximum Gasteiger partial charge on any atom is 0.389 e. The summed E-state index contributed by atoms with van der Waals surface area (Å²) in [7, 11) is 5.23. The number of aliphatic hydroxyl groups excluding tert-OH is 1. The summed E-state index contributed by atoms with van der Waals surface area (Å²) in [6.45, 7) is 6.00. The SMILES string of the molecule is C[C@@H]1CCCCO[C@@H](CN(C)C(=O)CCC(F)(F)F)[C@@H](C)CN([C@H](C)CO)C(=O)c2cc(N(C)C)ccc2O1. The fourth-order valence-corrected chi connectivity index (χ4v) is 4.46. The number of benzene rings is 1. The first-order chi connectivity index (χ1) is 18.2. The lowest BCUT2D eigenvalue weighted by Gasteiger charge is -2.36. The van der Waals surface area contributed by atoms with E-state index in [-0.39, 0.29) is 37.6 Å². The monoisotopic (exact) mass is 559 g/mol. The maximum atomic E-state index is 14.0. The summed E-state index contributed by atoms with van der Waals surface area (Å²) in [5.74, 6) is -0.736. The normalized spacial score (nSPS) is 22.4. The van der Waals surface area contributed by atoms with E-state index in [0.717, 1.165) is 24.9 Å². The minimum absolute atomic E-state index is 0.0915. The number of nitrogens with zero attached hydrogens (tertiary/aromatic N) is 3. The zero-order chi connectivity index (χ0) is 29.3. The van der Waals surface area contributed by atoms with E-state index in [1.54, 1.807) is 24.0 Å². The highest BCUT2D eigenvalue weighted by molar-refractivity contribution is 5.98. The average molecular weight is 560 g/mol. The van der Waals surface area contributed by atoms with Crippen molar-refractivity contribution < 1.29 is 37.3 Å². The van der Waals surface area contributed by atoms with E-state index in [1.165, 1.54) is 11.9 Å². The van der Waals surface area contributed by atoms with Crippen LogP contribution in [0.25, 0.3) is 0 Å². The van der Waals surface area contributed by atoms with Gasteiger partial charge in [-0.15, -0.1) is 0 Å². The number of hydrogen-bond acceptors (Lipinski definition) is 6. The van der Waals surface area contributed by atoms with Crippen molar-refractivity contribution in [3.05, 3.63) is 23.8 Å². The van der Waals surface area contributed by atoms with Crippen LogP contribution in [0.1, 0.15) is 63.2 Å². The average Bonchev–Trinajstić information content (AvgIpc) is 2.87. The van der Waals surface area contributed by atoms with Gasteiger partial charge >= 0.3 is 6.18 Å². The van der Waals surface area contributed by atoms with Gasteiger partial charge in [-0.3, -0.25) is 9.59 Å². The number of amides is 2. The lowest BCUT2D eigenvalue weighted by Crippen LogP contribution is -2.48. The third kappa shape index (κ3) is 10.2. The fraction of sp³-hybridized carbons (Fsp3) is 0.714. The van der Waals surface area contributed by atoms with E-state index in [9.17, 15) is 27.9 Å². The summed E-state index contributed by atoms with van der Waals surface area (Å²) >= 11 is 0. The molecule has 8 nitrogen and oxygen atoms in total. The molecule has 0 saturated carbocycles. The Bertz CT molecular complexity index is 944. The molecule has 0 radical (unpaired) electrons. The molecule has 1 aliphatic rings. The minimum Gasteiger partial charge on any atom is -0.490 e. The quantitative estimate of drug-likeness (QED) is 0.535. The Morgan fingerprint density at radius 1 is 1.21 bits per heavy atom. The molecule has 1 aromatic carbocycles. The van der Waals surface area contributed by atoms with E-state index in [2.05, 4.69) is 0 Å². The van der Waals surface area contributed by atoms with Gasteiger partial charge in [-0.1, -0.05) is 6.92 Å². The number of aliphatic hydroxyl groups is 1. The topological polar surface area (TPSA) is 82.6 Å². The molecule has 1 N–H and O–H groups in total. The van der Waals surface area contributed by atoms with Crippen LogP contribution in [0.4, 0.5) is 18.9 Å². The van der Waals surface area contributed by atoms with Gasteiger partial charge in [0.15, 0.2) is 0 Å². The molecule has 0 unspecified atom stereocenters. The third-order valence-corrected chi connectivity index (χ3v) is 7.05. The predicted octanol–water partition coefficient (Wildman–Crippen LogP) is 4.35. The van der Waals surface area contributed by atoms with Gasteiger partial charge < -0.3 is 29.3 Å². The van der Waals surface area contributed by atoms with Crippen LogP contribution in [0.3, 0.4) is 0 Å². The number of halogens is 3. The van der Waals surface area contributed by atoms with Gasteiger partial charge in [0.1, 0.15) is 5.75 Å². The molecule has 0 fully saturated rings. The molecule has 1 aromatic rings. The van der Waals surface area contributed by atoms with Gasteiger partial charge in [0.05, 0.1) is 36.8 Å². The van der Waals surface area contributed by atoms with Gasteiger partial charge in [0.25, 0.3) is 5.91 Å².